The summed E-state index contributed by atoms with van der Waals surface area (Å²) < 4.78 is 5.93. The van der Waals surface area contributed by atoms with Crippen LogP contribution in [0.25, 0.3) is 0 Å². The molecule has 2 heterocycles. The van der Waals surface area contributed by atoms with Gasteiger partial charge in [-0.3, -0.25) is 10.1 Å². The van der Waals surface area contributed by atoms with Crippen LogP contribution in [0, 0.1) is 24.0 Å². The fourth-order valence-electron chi connectivity index (χ4n) is 1.43. The van der Waals surface area contributed by atoms with E-state index >= 15 is 0 Å². The molecule has 0 aliphatic carbocycles. The number of hydrogen-bond donors (Lipinski definition) is 1. The van der Waals surface area contributed by atoms with Crippen molar-refractivity contribution in [2.45, 2.75) is 20.4 Å². The normalized spacial score (nSPS) is 10.5. The predicted octanol–water partition coefficient (Wildman–Crippen LogP) is 2.97. The van der Waals surface area contributed by atoms with Crippen LogP contribution in [0.4, 0.5) is 11.5 Å². The SMILES string of the molecule is Cc1nc(CNc2ncc([N+](=O)[O-])cc2Br)oc1C. The molecule has 100 valence electrons. The lowest BCUT2D eigenvalue weighted by atomic mass is 10.4. The summed E-state index contributed by atoms with van der Waals surface area (Å²) in [5.74, 6) is 1.81. The maximum Gasteiger partial charge on any atom is 0.288 e. The number of nitrogens with one attached hydrogen (secondary N) is 1. The highest BCUT2D eigenvalue weighted by Crippen LogP contribution is 2.24. The van der Waals surface area contributed by atoms with Crippen LogP contribution in [-0.4, -0.2) is 14.9 Å². The zero-order chi connectivity index (χ0) is 14.0. The third-order valence-corrected chi connectivity index (χ3v) is 3.12. The Morgan fingerprint density at radius 3 is 2.79 bits per heavy atom. The van der Waals surface area contributed by atoms with Crippen molar-refractivity contribution in [3.05, 3.63) is 44.2 Å². The number of nitrogens with zero attached hydrogens (tertiary/aromatic N) is 3. The number of nitro groups is 1. The van der Waals surface area contributed by atoms with E-state index in [2.05, 4.69) is 31.2 Å². The molecule has 8 heteroatoms. The molecule has 2 aromatic rings. The zero-order valence-electron chi connectivity index (χ0n) is 10.3. The van der Waals surface area contributed by atoms with E-state index in [0.717, 1.165) is 11.5 Å². The molecule has 0 amide bonds. The molecule has 0 spiro atoms. The van der Waals surface area contributed by atoms with Gasteiger partial charge < -0.3 is 9.73 Å². The molecule has 0 unspecified atom stereocenters. The van der Waals surface area contributed by atoms with Gasteiger partial charge in [-0.05, 0) is 29.8 Å². The lowest BCUT2D eigenvalue weighted by Gasteiger charge is -2.04. The highest BCUT2D eigenvalue weighted by Gasteiger charge is 2.11. The fourth-order valence-corrected chi connectivity index (χ4v) is 1.91. The van der Waals surface area contributed by atoms with Gasteiger partial charge in [0.05, 0.1) is 21.6 Å². The summed E-state index contributed by atoms with van der Waals surface area (Å²) >= 11 is 3.23. The van der Waals surface area contributed by atoms with Crippen LogP contribution in [0.1, 0.15) is 17.3 Å². The Balaban J connectivity index is 2.09. The number of aryl methyl sites for hydroxylation is 2. The van der Waals surface area contributed by atoms with E-state index in [1.54, 1.807) is 0 Å². The van der Waals surface area contributed by atoms with Gasteiger partial charge in [-0.25, -0.2) is 9.97 Å². The average Bonchev–Trinajstić information content (AvgIpc) is 2.67. The molecule has 2 rings (SSSR count). The maximum absolute atomic E-state index is 10.6. The van der Waals surface area contributed by atoms with E-state index in [4.69, 9.17) is 4.42 Å². The third kappa shape index (κ3) is 3.08. The molecule has 0 saturated carbocycles. The molecule has 0 radical (unpaired) electrons. The Labute approximate surface area is 117 Å². The predicted molar refractivity (Wildman–Crippen MR) is 71.9 cm³/mol. The van der Waals surface area contributed by atoms with Crippen LogP contribution in [-0.2, 0) is 6.54 Å². The molecular formula is C11H11BrN4O3. The Kier molecular flexibility index (Phi) is 3.79. The van der Waals surface area contributed by atoms with Gasteiger partial charge in [-0.15, -0.1) is 0 Å². The van der Waals surface area contributed by atoms with E-state index in [1.807, 2.05) is 13.8 Å². The van der Waals surface area contributed by atoms with Gasteiger partial charge in [0, 0.05) is 6.07 Å². The monoisotopic (exact) mass is 326 g/mol. The van der Waals surface area contributed by atoms with Crippen molar-refractivity contribution in [1.82, 2.24) is 9.97 Å². The largest absolute Gasteiger partial charge is 0.444 e. The van der Waals surface area contributed by atoms with E-state index in [-0.39, 0.29) is 5.69 Å². The topological polar surface area (TPSA) is 94.1 Å². The molecule has 0 aliphatic rings. The minimum absolute atomic E-state index is 0.0692. The van der Waals surface area contributed by atoms with E-state index in [1.165, 1.54) is 12.3 Å². The molecule has 1 N–H and O–H groups in total. The van der Waals surface area contributed by atoms with Gasteiger partial charge in [0.2, 0.25) is 5.89 Å². The van der Waals surface area contributed by atoms with Crippen LogP contribution < -0.4 is 5.32 Å². The smallest absolute Gasteiger partial charge is 0.288 e. The Bertz CT molecular complexity index is 607. The lowest BCUT2D eigenvalue weighted by molar-refractivity contribution is -0.385. The summed E-state index contributed by atoms with van der Waals surface area (Å²) in [7, 11) is 0. The van der Waals surface area contributed by atoms with Crippen molar-refractivity contribution >= 4 is 27.4 Å². The summed E-state index contributed by atoms with van der Waals surface area (Å²) in [5, 5.41) is 13.6. The van der Waals surface area contributed by atoms with Crippen molar-refractivity contribution in [2.75, 3.05) is 5.32 Å². The first-order chi connectivity index (χ1) is 8.97. The van der Waals surface area contributed by atoms with Crippen molar-refractivity contribution in [3.8, 4) is 0 Å². The number of halogens is 1. The second-order valence-corrected chi connectivity index (χ2v) is 4.74. The first-order valence-electron chi connectivity index (χ1n) is 5.44. The molecule has 0 bridgehead atoms. The van der Waals surface area contributed by atoms with Crippen molar-refractivity contribution in [3.63, 3.8) is 0 Å². The summed E-state index contributed by atoms with van der Waals surface area (Å²) in [6, 6.07) is 1.39. The van der Waals surface area contributed by atoms with Gasteiger partial charge in [-0.1, -0.05) is 0 Å². The highest BCUT2D eigenvalue weighted by molar-refractivity contribution is 9.10. The number of hydrogen-bond acceptors (Lipinski definition) is 6. The van der Waals surface area contributed by atoms with E-state index < -0.39 is 4.92 Å². The molecule has 0 saturated heterocycles. The standard InChI is InChI=1S/C11H11BrN4O3/c1-6-7(2)19-10(15-6)5-14-11-9(12)3-8(4-13-11)16(17)18/h3-4H,5H2,1-2H3,(H,13,14). The Morgan fingerprint density at radius 1 is 1.53 bits per heavy atom. The third-order valence-electron chi connectivity index (χ3n) is 2.52. The lowest BCUT2D eigenvalue weighted by Crippen LogP contribution is -2.03. The molecular weight excluding hydrogens is 316 g/mol. The molecule has 0 fully saturated rings. The Morgan fingerprint density at radius 2 is 2.26 bits per heavy atom. The van der Waals surface area contributed by atoms with Crippen LogP contribution in [0.15, 0.2) is 21.2 Å². The van der Waals surface area contributed by atoms with Crippen LogP contribution >= 0.6 is 15.9 Å². The fraction of sp³-hybridized carbons (Fsp3) is 0.273. The molecule has 0 atom stereocenters. The number of rotatable bonds is 4. The van der Waals surface area contributed by atoms with Gasteiger partial charge in [-0.2, -0.15) is 0 Å². The molecule has 2 aromatic heterocycles. The van der Waals surface area contributed by atoms with Gasteiger partial charge >= 0.3 is 0 Å². The first-order valence-corrected chi connectivity index (χ1v) is 6.23. The van der Waals surface area contributed by atoms with Crippen molar-refractivity contribution in [2.24, 2.45) is 0 Å². The summed E-state index contributed by atoms with van der Waals surface area (Å²) in [6.07, 6.45) is 1.19. The summed E-state index contributed by atoms with van der Waals surface area (Å²) in [4.78, 5) is 18.3. The molecule has 7 nitrogen and oxygen atoms in total. The minimum atomic E-state index is -0.498. The number of pyridine rings is 1. The van der Waals surface area contributed by atoms with Crippen molar-refractivity contribution < 1.29 is 9.34 Å². The average molecular weight is 327 g/mol. The molecule has 0 aromatic carbocycles. The second kappa shape index (κ2) is 5.35. The number of anilines is 1. The molecule has 0 aliphatic heterocycles. The van der Waals surface area contributed by atoms with Gasteiger partial charge in [0.15, 0.2) is 0 Å². The highest BCUT2D eigenvalue weighted by atomic mass is 79.9. The first kappa shape index (κ1) is 13.5. The van der Waals surface area contributed by atoms with Gasteiger partial charge in [0.1, 0.15) is 17.8 Å². The summed E-state index contributed by atoms with van der Waals surface area (Å²) in [5.41, 5.74) is 0.771. The van der Waals surface area contributed by atoms with E-state index in [9.17, 15) is 10.1 Å². The quantitative estimate of drug-likeness (QED) is 0.685. The Hall–Kier alpha value is -1.96. The van der Waals surface area contributed by atoms with Crippen LogP contribution in [0.5, 0.6) is 0 Å². The minimum Gasteiger partial charge on any atom is -0.444 e. The van der Waals surface area contributed by atoms with E-state index in [0.29, 0.717) is 22.7 Å². The number of aromatic nitrogens is 2. The van der Waals surface area contributed by atoms with Crippen molar-refractivity contribution in [1.29, 1.82) is 0 Å². The van der Waals surface area contributed by atoms with Crippen LogP contribution in [0.2, 0.25) is 0 Å². The van der Waals surface area contributed by atoms with Gasteiger partial charge in [0.25, 0.3) is 5.69 Å². The maximum atomic E-state index is 10.6. The zero-order valence-corrected chi connectivity index (χ0v) is 11.9. The number of oxazole rings is 1. The second-order valence-electron chi connectivity index (χ2n) is 3.88. The molecule has 19 heavy (non-hydrogen) atoms. The van der Waals surface area contributed by atoms with Crippen LogP contribution in [0.3, 0.4) is 0 Å². The summed E-state index contributed by atoms with van der Waals surface area (Å²) in [6.45, 7) is 4.06.